The van der Waals surface area contributed by atoms with Crippen LogP contribution in [0.15, 0.2) is 206 Å². The van der Waals surface area contributed by atoms with Crippen molar-refractivity contribution in [3.63, 3.8) is 0 Å². The van der Waals surface area contributed by atoms with Crippen molar-refractivity contribution in [3.8, 4) is 44.8 Å². The molecule has 1 unspecified atom stereocenters. The molecule has 0 saturated heterocycles. The van der Waals surface area contributed by atoms with Crippen LogP contribution in [0.2, 0.25) is 0 Å². The van der Waals surface area contributed by atoms with Crippen molar-refractivity contribution in [1.29, 1.82) is 0 Å². The number of rotatable bonds is 8. The summed E-state index contributed by atoms with van der Waals surface area (Å²) in [6.45, 7) is 2.28. The molecule has 282 valence electrons. The van der Waals surface area contributed by atoms with Gasteiger partial charge in [-0.2, -0.15) is 0 Å². The van der Waals surface area contributed by atoms with Crippen molar-refractivity contribution in [1.82, 2.24) is 9.13 Å². The zero-order valence-electron chi connectivity index (χ0n) is 33.2. The molecule has 0 bridgehead atoms. The molecule has 2 heteroatoms. The first-order valence-electron chi connectivity index (χ1n) is 21.0. The molecule has 1 aliphatic rings. The Labute approximate surface area is 345 Å². The molecule has 0 N–H and O–H groups in total. The number of fused-ring (bicyclic) bond motifs is 6. The first-order chi connectivity index (χ1) is 29.2. The van der Waals surface area contributed by atoms with E-state index in [1.165, 1.54) is 101 Å². The van der Waals surface area contributed by atoms with Crippen molar-refractivity contribution in [3.05, 3.63) is 212 Å². The van der Waals surface area contributed by atoms with Crippen LogP contribution in [0, 0.1) is 5.92 Å². The fourth-order valence-electron chi connectivity index (χ4n) is 9.51. The van der Waals surface area contributed by atoms with Gasteiger partial charge in [-0.25, -0.2) is 0 Å². The fraction of sp³-hybridized carbons (Fsp3) is 0.0877. The Morgan fingerprint density at radius 3 is 1.44 bits per heavy atom. The van der Waals surface area contributed by atoms with Gasteiger partial charge in [0.15, 0.2) is 0 Å². The quantitative estimate of drug-likeness (QED) is 0.146. The number of para-hydroxylation sites is 2. The van der Waals surface area contributed by atoms with E-state index in [4.69, 9.17) is 0 Å². The van der Waals surface area contributed by atoms with Gasteiger partial charge >= 0.3 is 0 Å². The van der Waals surface area contributed by atoms with Gasteiger partial charge in [0.05, 0.1) is 22.1 Å². The molecule has 2 heterocycles. The van der Waals surface area contributed by atoms with Gasteiger partial charge in [0.2, 0.25) is 0 Å². The average Bonchev–Trinajstić information content (AvgIpc) is 3.82. The summed E-state index contributed by atoms with van der Waals surface area (Å²) < 4.78 is 4.84. The predicted octanol–water partition coefficient (Wildman–Crippen LogP) is 15.6. The number of hydrogen-bond donors (Lipinski definition) is 0. The van der Waals surface area contributed by atoms with E-state index < -0.39 is 0 Å². The minimum atomic E-state index is 0.644. The Hall–Kier alpha value is -7.16. The topological polar surface area (TPSA) is 9.86 Å². The summed E-state index contributed by atoms with van der Waals surface area (Å²) in [7, 11) is 0. The minimum Gasteiger partial charge on any atom is -0.309 e. The molecule has 0 fully saturated rings. The van der Waals surface area contributed by atoms with Crippen LogP contribution in [0.5, 0.6) is 0 Å². The number of benzene rings is 8. The predicted molar refractivity (Wildman–Crippen MR) is 252 cm³/mol. The van der Waals surface area contributed by atoms with E-state index in [0.717, 1.165) is 17.8 Å². The number of nitrogens with zero attached hydrogens (tertiary/aromatic N) is 2. The average molecular weight is 757 g/mol. The molecule has 0 radical (unpaired) electrons. The van der Waals surface area contributed by atoms with Crippen LogP contribution in [0.4, 0.5) is 0 Å². The van der Waals surface area contributed by atoms with E-state index in [1.807, 2.05) is 0 Å². The summed E-state index contributed by atoms with van der Waals surface area (Å²) in [6.07, 6.45) is 10.7. The van der Waals surface area contributed by atoms with Crippen LogP contribution in [-0.4, -0.2) is 9.13 Å². The normalized spacial score (nSPS) is 14.1. The molecule has 59 heavy (non-hydrogen) atoms. The van der Waals surface area contributed by atoms with Crippen molar-refractivity contribution in [2.75, 3.05) is 0 Å². The Balaban J connectivity index is 0.974. The third-order valence-corrected chi connectivity index (χ3v) is 12.4. The summed E-state index contributed by atoms with van der Waals surface area (Å²) in [4.78, 5) is 0. The molecule has 0 spiro atoms. The molecule has 1 atom stereocenters. The van der Waals surface area contributed by atoms with E-state index in [0.29, 0.717) is 5.92 Å². The molecule has 1 aliphatic carbocycles. The SMILES string of the molecule is CCCC1C=C(c2ccc(-c3cccc(-n4c5ccccc5c5cc(-c6ccc7c(c6)c6ccccc6n7-c6cccc(-c7ccccc7)c6)ccc54)c3)cc2)C=CC1. The van der Waals surface area contributed by atoms with Crippen LogP contribution in [0.25, 0.3) is 93.9 Å². The largest absolute Gasteiger partial charge is 0.309 e. The Bertz CT molecular complexity index is 3240. The van der Waals surface area contributed by atoms with Crippen molar-refractivity contribution < 1.29 is 0 Å². The minimum absolute atomic E-state index is 0.644. The van der Waals surface area contributed by atoms with Gasteiger partial charge in [0, 0.05) is 32.9 Å². The first kappa shape index (κ1) is 35.0. The van der Waals surface area contributed by atoms with Gasteiger partial charge in [0.25, 0.3) is 0 Å². The number of hydrogen-bond acceptors (Lipinski definition) is 0. The van der Waals surface area contributed by atoms with E-state index in [9.17, 15) is 0 Å². The van der Waals surface area contributed by atoms with E-state index in [-0.39, 0.29) is 0 Å². The third-order valence-electron chi connectivity index (χ3n) is 12.4. The highest BCUT2D eigenvalue weighted by atomic mass is 15.0. The van der Waals surface area contributed by atoms with Gasteiger partial charge in [-0.05, 0) is 124 Å². The maximum atomic E-state index is 2.47. The molecular weight excluding hydrogens is 713 g/mol. The summed E-state index contributed by atoms with van der Waals surface area (Å²) in [5.41, 5.74) is 17.1. The fourth-order valence-corrected chi connectivity index (χ4v) is 9.51. The van der Waals surface area contributed by atoms with Gasteiger partial charge in [-0.1, -0.05) is 159 Å². The van der Waals surface area contributed by atoms with E-state index >= 15 is 0 Å². The Morgan fingerprint density at radius 1 is 0.407 bits per heavy atom. The third kappa shape index (κ3) is 6.20. The van der Waals surface area contributed by atoms with Gasteiger partial charge in [-0.15, -0.1) is 0 Å². The summed E-state index contributed by atoms with van der Waals surface area (Å²) >= 11 is 0. The van der Waals surface area contributed by atoms with E-state index in [1.54, 1.807) is 0 Å². The van der Waals surface area contributed by atoms with Gasteiger partial charge in [-0.3, -0.25) is 0 Å². The zero-order valence-corrected chi connectivity index (χ0v) is 33.2. The molecule has 0 aliphatic heterocycles. The molecule has 0 amide bonds. The van der Waals surface area contributed by atoms with Crippen molar-refractivity contribution in [2.45, 2.75) is 26.2 Å². The smallest absolute Gasteiger partial charge is 0.0541 e. The Kier molecular flexibility index (Phi) is 8.70. The second-order valence-electron chi connectivity index (χ2n) is 16.0. The highest BCUT2D eigenvalue weighted by Gasteiger charge is 2.17. The molecule has 0 saturated carbocycles. The highest BCUT2D eigenvalue weighted by Crippen LogP contribution is 2.39. The summed E-state index contributed by atoms with van der Waals surface area (Å²) in [6, 6.07) is 69.2. The highest BCUT2D eigenvalue weighted by molar-refractivity contribution is 6.12. The molecule has 8 aromatic carbocycles. The van der Waals surface area contributed by atoms with Gasteiger partial charge in [0.1, 0.15) is 0 Å². The molecule has 10 aromatic rings. The lowest BCUT2D eigenvalue weighted by Gasteiger charge is -2.16. The van der Waals surface area contributed by atoms with Crippen LogP contribution in [0.1, 0.15) is 31.7 Å². The Morgan fingerprint density at radius 2 is 0.864 bits per heavy atom. The zero-order chi connectivity index (χ0) is 39.3. The standard InChI is InChI=1S/C57H44N2/c1-2-13-39-14-10-17-43(34-39)41-26-28-42(29-27-41)45-19-12-21-49(36-45)59-55-25-9-7-23-51(55)53-38-47(31-33-57(53)59)46-30-32-56-52(37-46)50-22-6-8-24-54(50)58(56)48-20-11-18-44(35-48)40-15-4-3-5-16-40/h3-12,15-39H,2,13-14H2,1H3. The van der Waals surface area contributed by atoms with Gasteiger partial charge < -0.3 is 9.13 Å². The second kappa shape index (κ2) is 14.7. The van der Waals surface area contributed by atoms with Crippen molar-refractivity contribution in [2.24, 2.45) is 5.92 Å². The monoisotopic (exact) mass is 756 g/mol. The second-order valence-corrected chi connectivity index (χ2v) is 16.0. The van der Waals surface area contributed by atoms with Crippen LogP contribution in [-0.2, 0) is 0 Å². The van der Waals surface area contributed by atoms with Crippen molar-refractivity contribution >= 4 is 49.2 Å². The molecular formula is C57H44N2. The molecule has 2 aromatic heterocycles. The first-order valence-corrected chi connectivity index (χ1v) is 21.0. The lowest BCUT2D eigenvalue weighted by atomic mass is 9.89. The maximum absolute atomic E-state index is 2.47. The summed E-state index contributed by atoms with van der Waals surface area (Å²) in [5, 5.41) is 5.02. The van der Waals surface area contributed by atoms with Crippen LogP contribution < -0.4 is 0 Å². The maximum Gasteiger partial charge on any atom is 0.0541 e. The molecule has 2 nitrogen and oxygen atoms in total. The lowest BCUT2D eigenvalue weighted by molar-refractivity contribution is 0.586. The number of aromatic nitrogens is 2. The van der Waals surface area contributed by atoms with E-state index in [2.05, 4.69) is 222 Å². The van der Waals surface area contributed by atoms with Crippen LogP contribution >= 0.6 is 0 Å². The van der Waals surface area contributed by atoms with Crippen LogP contribution in [0.3, 0.4) is 0 Å². The summed E-state index contributed by atoms with van der Waals surface area (Å²) in [5.74, 6) is 0.644. The number of allylic oxidation sites excluding steroid dienone is 4. The lowest BCUT2D eigenvalue weighted by Crippen LogP contribution is -1.99. The molecule has 11 rings (SSSR count).